The third-order valence-corrected chi connectivity index (χ3v) is 3.36. The van der Waals surface area contributed by atoms with E-state index in [1.807, 2.05) is 0 Å². The first-order valence-electron chi connectivity index (χ1n) is 5.30. The largest absolute Gasteiger partial charge is 0.358 e. The van der Waals surface area contributed by atoms with Gasteiger partial charge in [0.2, 0.25) is 0 Å². The van der Waals surface area contributed by atoms with Gasteiger partial charge in [0.15, 0.2) is 5.13 Å². The van der Waals surface area contributed by atoms with Gasteiger partial charge >= 0.3 is 0 Å². The van der Waals surface area contributed by atoms with Crippen LogP contribution in [0.25, 0.3) is 0 Å². The molecule has 1 atom stereocenters. The van der Waals surface area contributed by atoms with Crippen LogP contribution in [0.15, 0.2) is 5.38 Å². The predicted octanol–water partition coefficient (Wildman–Crippen LogP) is 1.87. The van der Waals surface area contributed by atoms with Crippen LogP contribution in [-0.4, -0.2) is 24.1 Å². The van der Waals surface area contributed by atoms with Crippen molar-refractivity contribution in [3.8, 4) is 0 Å². The number of hydrogen-bond donors (Lipinski definition) is 2. The highest BCUT2D eigenvalue weighted by Gasteiger charge is 2.13. The summed E-state index contributed by atoms with van der Waals surface area (Å²) in [6.45, 7) is 4.37. The van der Waals surface area contributed by atoms with Crippen molar-refractivity contribution in [3.05, 3.63) is 11.1 Å². The fourth-order valence-corrected chi connectivity index (χ4v) is 2.56. The number of aromatic nitrogens is 1. The number of rotatable bonds is 3. The number of anilines is 1. The van der Waals surface area contributed by atoms with Crippen molar-refractivity contribution in [1.82, 2.24) is 10.3 Å². The summed E-state index contributed by atoms with van der Waals surface area (Å²) in [6.07, 6.45) is 3.55. The van der Waals surface area contributed by atoms with Crippen molar-refractivity contribution in [2.75, 3.05) is 18.4 Å². The molecule has 0 aromatic carbocycles. The summed E-state index contributed by atoms with van der Waals surface area (Å²) in [6, 6.07) is 0.569. The normalized spacial score (nSPS) is 22.2. The van der Waals surface area contributed by atoms with E-state index >= 15 is 0 Å². The van der Waals surface area contributed by atoms with Crippen molar-refractivity contribution < 1.29 is 0 Å². The monoisotopic (exact) mass is 211 g/mol. The van der Waals surface area contributed by atoms with Gasteiger partial charge in [0.25, 0.3) is 0 Å². The second kappa shape index (κ2) is 4.75. The first kappa shape index (κ1) is 9.93. The highest BCUT2D eigenvalue weighted by Crippen LogP contribution is 2.18. The van der Waals surface area contributed by atoms with Gasteiger partial charge in [0.05, 0.1) is 5.69 Å². The topological polar surface area (TPSA) is 37.0 Å². The molecule has 2 N–H and O–H groups in total. The van der Waals surface area contributed by atoms with E-state index in [0.29, 0.717) is 6.04 Å². The molecule has 4 heteroatoms. The van der Waals surface area contributed by atoms with E-state index in [9.17, 15) is 0 Å². The maximum absolute atomic E-state index is 4.50. The Bertz CT molecular complexity index is 279. The van der Waals surface area contributed by atoms with Gasteiger partial charge in [-0.25, -0.2) is 4.98 Å². The number of thiazole rings is 1. The molecular weight excluding hydrogens is 194 g/mol. The minimum atomic E-state index is 0.569. The average molecular weight is 211 g/mol. The summed E-state index contributed by atoms with van der Waals surface area (Å²) in [4.78, 5) is 4.50. The summed E-state index contributed by atoms with van der Waals surface area (Å²) in [5.41, 5.74) is 1.20. The van der Waals surface area contributed by atoms with E-state index in [-0.39, 0.29) is 0 Å². The van der Waals surface area contributed by atoms with Crippen LogP contribution < -0.4 is 10.6 Å². The van der Waals surface area contributed by atoms with Crippen LogP contribution in [-0.2, 0) is 6.42 Å². The number of nitrogens with one attached hydrogen (secondary N) is 2. The fraction of sp³-hybridized carbons (Fsp3) is 0.700. The molecule has 0 aliphatic carbocycles. The Morgan fingerprint density at radius 2 is 2.64 bits per heavy atom. The van der Waals surface area contributed by atoms with Gasteiger partial charge in [0.1, 0.15) is 0 Å². The van der Waals surface area contributed by atoms with Gasteiger partial charge in [-0.1, -0.05) is 6.92 Å². The second-order valence-corrected chi connectivity index (χ2v) is 4.54. The number of aryl methyl sites for hydroxylation is 1. The third kappa shape index (κ3) is 2.45. The van der Waals surface area contributed by atoms with Gasteiger partial charge in [-0.15, -0.1) is 11.3 Å². The zero-order chi connectivity index (χ0) is 9.80. The van der Waals surface area contributed by atoms with Gasteiger partial charge in [-0.05, 0) is 25.8 Å². The lowest BCUT2D eigenvalue weighted by Gasteiger charge is -2.23. The number of piperidine rings is 1. The van der Waals surface area contributed by atoms with E-state index in [1.165, 1.54) is 18.5 Å². The van der Waals surface area contributed by atoms with Gasteiger partial charge in [-0.3, -0.25) is 0 Å². The van der Waals surface area contributed by atoms with E-state index in [1.54, 1.807) is 11.3 Å². The first-order chi connectivity index (χ1) is 6.88. The van der Waals surface area contributed by atoms with Crippen molar-refractivity contribution in [2.45, 2.75) is 32.2 Å². The van der Waals surface area contributed by atoms with Crippen molar-refractivity contribution in [1.29, 1.82) is 0 Å². The molecule has 0 spiro atoms. The van der Waals surface area contributed by atoms with E-state index in [0.717, 1.165) is 24.6 Å². The van der Waals surface area contributed by atoms with Crippen LogP contribution in [0.3, 0.4) is 0 Å². The van der Waals surface area contributed by atoms with Crippen molar-refractivity contribution in [3.63, 3.8) is 0 Å². The second-order valence-electron chi connectivity index (χ2n) is 3.69. The third-order valence-electron chi connectivity index (χ3n) is 2.54. The molecule has 0 amide bonds. The van der Waals surface area contributed by atoms with Crippen LogP contribution in [0, 0.1) is 0 Å². The summed E-state index contributed by atoms with van der Waals surface area (Å²) in [7, 11) is 0. The summed E-state index contributed by atoms with van der Waals surface area (Å²) in [5.74, 6) is 0. The predicted molar refractivity (Wildman–Crippen MR) is 61.0 cm³/mol. The lowest BCUT2D eigenvalue weighted by atomic mass is 10.1. The molecule has 3 nitrogen and oxygen atoms in total. The molecule has 1 unspecified atom stereocenters. The summed E-state index contributed by atoms with van der Waals surface area (Å²) >= 11 is 1.72. The first-order valence-corrected chi connectivity index (χ1v) is 6.18. The summed E-state index contributed by atoms with van der Waals surface area (Å²) < 4.78 is 0. The van der Waals surface area contributed by atoms with Gasteiger partial charge < -0.3 is 10.6 Å². The van der Waals surface area contributed by atoms with Crippen LogP contribution in [0.5, 0.6) is 0 Å². The minimum absolute atomic E-state index is 0.569. The molecule has 1 saturated heterocycles. The van der Waals surface area contributed by atoms with Crippen LogP contribution >= 0.6 is 11.3 Å². The van der Waals surface area contributed by atoms with Crippen molar-refractivity contribution >= 4 is 16.5 Å². The summed E-state index contributed by atoms with van der Waals surface area (Å²) in [5, 5.41) is 10.1. The Balaban J connectivity index is 1.89. The van der Waals surface area contributed by atoms with Crippen LogP contribution in [0.4, 0.5) is 5.13 Å². The Hall–Kier alpha value is -0.610. The molecular formula is C10H17N3S. The zero-order valence-electron chi connectivity index (χ0n) is 8.55. The van der Waals surface area contributed by atoms with E-state index in [4.69, 9.17) is 0 Å². The Morgan fingerprint density at radius 1 is 1.71 bits per heavy atom. The lowest BCUT2D eigenvalue weighted by molar-refractivity contribution is 0.479. The van der Waals surface area contributed by atoms with Crippen LogP contribution in [0.2, 0.25) is 0 Å². The van der Waals surface area contributed by atoms with Gasteiger partial charge in [-0.2, -0.15) is 0 Å². The molecule has 2 rings (SSSR count). The van der Waals surface area contributed by atoms with E-state index in [2.05, 4.69) is 27.9 Å². The lowest BCUT2D eigenvalue weighted by Crippen LogP contribution is -2.38. The average Bonchev–Trinajstić information content (AvgIpc) is 2.67. The molecule has 78 valence electrons. The van der Waals surface area contributed by atoms with Crippen LogP contribution in [0.1, 0.15) is 25.5 Å². The quantitative estimate of drug-likeness (QED) is 0.801. The fourth-order valence-electron chi connectivity index (χ4n) is 1.69. The maximum atomic E-state index is 4.50. The van der Waals surface area contributed by atoms with Gasteiger partial charge in [0, 0.05) is 18.0 Å². The molecule has 1 aliphatic rings. The molecule has 14 heavy (non-hydrogen) atoms. The Kier molecular flexibility index (Phi) is 3.37. The van der Waals surface area contributed by atoms with Crippen molar-refractivity contribution in [2.24, 2.45) is 0 Å². The molecule has 1 aliphatic heterocycles. The molecule has 1 fully saturated rings. The molecule has 1 aromatic rings. The smallest absolute Gasteiger partial charge is 0.183 e. The Morgan fingerprint density at radius 3 is 3.29 bits per heavy atom. The molecule has 0 radical (unpaired) electrons. The SMILES string of the molecule is CCc1csc(NC2CCCNC2)n1. The standard InChI is InChI=1S/C10H17N3S/c1-2-8-7-14-10(12-8)13-9-4-3-5-11-6-9/h7,9,11H,2-6H2,1H3,(H,12,13). The molecule has 0 bridgehead atoms. The zero-order valence-corrected chi connectivity index (χ0v) is 9.36. The number of hydrogen-bond acceptors (Lipinski definition) is 4. The Labute approximate surface area is 88.9 Å². The number of nitrogens with zero attached hydrogens (tertiary/aromatic N) is 1. The minimum Gasteiger partial charge on any atom is -0.358 e. The highest BCUT2D eigenvalue weighted by atomic mass is 32.1. The maximum Gasteiger partial charge on any atom is 0.183 e. The highest BCUT2D eigenvalue weighted by molar-refractivity contribution is 7.13. The van der Waals surface area contributed by atoms with E-state index < -0.39 is 0 Å². The molecule has 0 saturated carbocycles. The molecule has 1 aromatic heterocycles. The molecule has 2 heterocycles.